The molecule has 58 heavy (non-hydrogen) atoms. The lowest BCUT2D eigenvalue weighted by atomic mass is 9.98. The summed E-state index contributed by atoms with van der Waals surface area (Å²) in [4.78, 5) is 2.47. The summed E-state index contributed by atoms with van der Waals surface area (Å²) in [6, 6.07) is 72.7. The fourth-order valence-electron chi connectivity index (χ4n) is 8.70. The summed E-state index contributed by atoms with van der Waals surface area (Å²) in [6.07, 6.45) is 0. The second-order valence-electron chi connectivity index (χ2n) is 14.9. The van der Waals surface area contributed by atoms with E-state index in [0.29, 0.717) is 0 Å². The average Bonchev–Trinajstić information content (AvgIpc) is 3.98. The topological polar surface area (TPSA) is 16.4 Å². The molecule has 0 fully saturated rings. The zero-order valence-electron chi connectivity index (χ0n) is 31.2. The first-order valence-electron chi connectivity index (χ1n) is 19.6. The Morgan fingerprint density at radius 2 is 0.966 bits per heavy atom. The molecular weight excluding hydrogens is 743 g/mol. The smallest absolute Gasteiger partial charge is 0.136 e. The van der Waals surface area contributed by atoms with Gasteiger partial charge in [0, 0.05) is 62.5 Å². The van der Waals surface area contributed by atoms with Crippen LogP contribution in [0, 0.1) is 0 Å². The number of rotatable bonds is 6. The minimum Gasteiger partial charge on any atom is -0.456 e. The minimum absolute atomic E-state index is 0.877. The predicted octanol–water partition coefficient (Wildman–Crippen LogP) is 16.8. The number of hydrogen-bond donors (Lipinski definition) is 0. The Morgan fingerprint density at radius 3 is 1.72 bits per heavy atom. The van der Waals surface area contributed by atoms with Gasteiger partial charge in [-0.1, -0.05) is 133 Å². The first-order chi connectivity index (χ1) is 28.7. The third kappa shape index (κ3) is 5.37. The van der Waals surface area contributed by atoms with Gasteiger partial charge >= 0.3 is 0 Å². The zero-order chi connectivity index (χ0) is 38.2. The number of nitrogens with zero attached hydrogens (tertiary/aromatic N) is 1. The Kier molecular flexibility index (Phi) is 7.62. The van der Waals surface area contributed by atoms with Gasteiger partial charge in [-0.05, 0) is 100 Å². The molecule has 272 valence electrons. The van der Waals surface area contributed by atoms with Gasteiger partial charge in [-0.15, -0.1) is 22.7 Å². The van der Waals surface area contributed by atoms with E-state index >= 15 is 0 Å². The van der Waals surface area contributed by atoms with Gasteiger partial charge in [0.05, 0.1) is 5.69 Å². The molecule has 0 aliphatic carbocycles. The van der Waals surface area contributed by atoms with Crippen LogP contribution in [0.3, 0.4) is 0 Å². The molecule has 3 heterocycles. The molecule has 12 rings (SSSR count). The van der Waals surface area contributed by atoms with Crippen LogP contribution in [0.2, 0.25) is 0 Å². The molecule has 0 saturated carbocycles. The summed E-state index contributed by atoms with van der Waals surface area (Å²) < 4.78 is 11.7. The van der Waals surface area contributed by atoms with Gasteiger partial charge in [-0.3, -0.25) is 0 Å². The first-order valence-corrected chi connectivity index (χ1v) is 21.2. The summed E-state index contributed by atoms with van der Waals surface area (Å²) >= 11 is 3.74. The molecular formula is C54H33NOS2. The second-order valence-corrected chi connectivity index (χ2v) is 17.0. The fourth-order valence-corrected chi connectivity index (χ4v) is 11.1. The van der Waals surface area contributed by atoms with E-state index < -0.39 is 0 Å². The van der Waals surface area contributed by atoms with Crippen molar-refractivity contribution in [2.24, 2.45) is 0 Å². The van der Waals surface area contributed by atoms with Gasteiger partial charge in [0.25, 0.3) is 0 Å². The molecule has 0 radical (unpaired) electrons. The Morgan fingerprint density at radius 1 is 0.345 bits per heavy atom. The van der Waals surface area contributed by atoms with E-state index in [-0.39, 0.29) is 0 Å². The highest BCUT2D eigenvalue weighted by molar-refractivity contribution is 7.26. The van der Waals surface area contributed by atoms with E-state index in [1.165, 1.54) is 68.2 Å². The quantitative estimate of drug-likeness (QED) is 0.167. The zero-order valence-corrected chi connectivity index (χ0v) is 32.9. The number of fused-ring (bicyclic) bond motifs is 9. The van der Waals surface area contributed by atoms with Gasteiger partial charge in [0.2, 0.25) is 0 Å². The van der Waals surface area contributed by atoms with E-state index in [0.717, 1.165) is 44.6 Å². The molecule has 0 aliphatic heterocycles. The molecule has 0 saturated heterocycles. The van der Waals surface area contributed by atoms with Crippen LogP contribution in [-0.2, 0) is 0 Å². The lowest BCUT2D eigenvalue weighted by Gasteiger charge is -2.27. The van der Waals surface area contributed by atoms with Crippen LogP contribution in [0.5, 0.6) is 0 Å². The molecule has 2 nitrogen and oxygen atoms in total. The molecule has 12 aromatic rings. The largest absolute Gasteiger partial charge is 0.456 e. The van der Waals surface area contributed by atoms with E-state index in [4.69, 9.17) is 4.42 Å². The first kappa shape index (κ1) is 33.2. The van der Waals surface area contributed by atoms with Crippen LogP contribution in [-0.4, -0.2) is 0 Å². The van der Waals surface area contributed by atoms with E-state index in [1.807, 2.05) is 22.7 Å². The number of thiophene rings is 2. The maximum atomic E-state index is 6.57. The molecule has 0 N–H and O–H groups in total. The molecule has 9 aromatic carbocycles. The van der Waals surface area contributed by atoms with Crippen molar-refractivity contribution in [1.82, 2.24) is 0 Å². The third-order valence-electron chi connectivity index (χ3n) is 11.5. The number of hydrogen-bond acceptors (Lipinski definition) is 4. The Labute approximate surface area is 343 Å². The van der Waals surface area contributed by atoms with E-state index in [2.05, 4.69) is 205 Å². The summed E-state index contributed by atoms with van der Waals surface area (Å²) in [5.41, 5.74) is 12.3. The van der Waals surface area contributed by atoms with Crippen LogP contribution >= 0.6 is 22.7 Å². The fraction of sp³-hybridized carbons (Fsp3) is 0. The lowest BCUT2D eigenvalue weighted by molar-refractivity contribution is 0.669. The van der Waals surface area contributed by atoms with Crippen LogP contribution in [0.25, 0.3) is 95.7 Å². The average molecular weight is 776 g/mol. The van der Waals surface area contributed by atoms with Crippen LogP contribution in [0.4, 0.5) is 17.1 Å². The van der Waals surface area contributed by atoms with Crippen molar-refractivity contribution in [2.75, 3.05) is 4.90 Å². The van der Waals surface area contributed by atoms with Crippen LogP contribution in [0.15, 0.2) is 205 Å². The second kappa shape index (κ2) is 13.3. The number of benzene rings is 9. The van der Waals surface area contributed by atoms with Crippen molar-refractivity contribution in [3.8, 4) is 33.4 Å². The molecule has 0 unspecified atom stereocenters. The molecule has 0 atom stereocenters. The highest BCUT2D eigenvalue weighted by atomic mass is 32.1. The number of anilines is 3. The normalized spacial score (nSPS) is 11.8. The predicted molar refractivity (Wildman–Crippen MR) is 250 cm³/mol. The van der Waals surface area contributed by atoms with Gasteiger partial charge in [-0.25, -0.2) is 0 Å². The molecule has 0 spiro atoms. The highest BCUT2D eigenvalue weighted by Gasteiger charge is 2.23. The molecule has 4 heteroatoms. The van der Waals surface area contributed by atoms with Gasteiger partial charge in [-0.2, -0.15) is 0 Å². The SMILES string of the molecule is c1ccc(-c2ccc3c(c2)oc2ccc(N(c4ccc5sc6ccccc6c5c4)c4ccc(-c5ccccc5)c5sc6cc(-c7ccccc7)ccc6c45)cc23)cc1. The summed E-state index contributed by atoms with van der Waals surface area (Å²) in [5, 5.41) is 7.26. The third-order valence-corrected chi connectivity index (χ3v) is 13.8. The lowest BCUT2D eigenvalue weighted by Crippen LogP contribution is -2.10. The monoisotopic (exact) mass is 775 g/mol. The van der Waals surface area contributed by atoms with Crippen molar-refractivity contribution < 1.29 is 4.42 Å². The van der Waals surface area contributed by atoms with Gasteiger partial charge < -0.3 is 9.32 Å². The van der Waals surface area contributed by atoms with Crippen molar-refractivity contribution in [2.45, 2.75) is 0 Å². The van der Waals surface area contributed by atoms with Crippen molar-refractivity contribution in [1.29, 1.82) is 0 Å². The Bertz CT molecular complexity index is 3510. The molecule has 3 aromatic heterocycles. The summed E-state index contributed by atoms with van der Waals surface area (Å²) in [7, 11) is 0. The van der Waals surface area contributed by atoms with Crippen molar-refractivity contribution in [3.63, 3.8) is 0 Å². The molecule has 0 bridgehead atoms. The van der Waals surface area contributed by atoms with E-state index in [1.54, 1.807) is 0 Å². The van der Waals surface area contributed by atoms with Crippen molar-refractivity contribution >= 4 is 102 Å². The van der Waals surface area contributed by atoms with Gasteiger partial charge in [0.15, 0.2) is 0 Å². The van der Waals surface area contributed by atoms with Gasteiger partial charge in [0.1, 0.15) is 11.2 Å². The van der Waals surface area contributed by atoms with E-state index in [9.17, 15) is 0 Å². The summed E-state index contributed by atoms with van der Waals surface area (Å²) in [5.74, 6) is 0. The Hall–Kier alpha value is -6.98. The molecule has 0 aliphatic rings. The van der Waals surface area contributed by atoms with Crippen molar-refractivity contribution in [3.05, 3.63) is 200 Å². The number of furan rings is 1. The van der Waals surface area contributed by atoms with Crippen LogP contribution in [0.1, 0.15) is 0 Å². The standard InChI is InChI=1S/C54H33NOS2/c1-4-12-34(13-5-1)37-20-24-42-45-32-39(22-28-48(45)56-49(42)30-37)55(40-23-29-51-46(33-40)43-18-10-11-19-50(43)57-51)47-27-26-41(36-16-8-3-9-17-36)54-53(47)44-25-21-38(31-52(44)58-54)35-14-6-2-7-15-35/h1-33H. The maximum absolute atomic E-state index is 6.57. The summed E-state index contributed by atoms with van der Waals surface area (Å²) in [6.45, 7) is 0. The Balaban J connectivity index is 1.12. The van der Waals surface area contributed by atoms with Crippen LogP contribution < -0.4 is 4.90 Å². The highest BCUT2D eigenvalue weighted by Crippen LogP contribution is 2.50. The minimum atomic E-state index is 0.877. The molecule has 0 amide bonds. The maximum Gasteiger partial charge on any atom is 0.136 e.